The fourth-order valence-corrected chi connectivity index (χ4v) is 1.96. The van der Waals surface area contributed by atoms with Gasteiger partial charge in [0.05, 0.1) is 5.69 Å². The van der Waals surface area contributed by atoms with E-state index in [1.165, 1.54) is 19.1 Å². The van der Waals surface area contributed by atoms with Crippen LogP contribution in [0.1, 0.15) is 17.4 Å². The van der Waals surface area contributed by atoms with Crippen molar-refractivity contribution in [3.8, 4) is 0 Å². The molecule has 108 valence electrons. The van der Waals surface area contributed by atoms with Crippen molar-refractivity contribution < 1.29 is 14.0 Å². The zero-order valence-electron chi connectivity index (χ0n) is 11.0. The molecule has 0 aliphatic carbocycles. The maximum atomic E-state index is 13.5. The zero-order chi connectivity index (χ0) is 15.4. The number of aromatic nitrogens is 1. The monoisotopic (exact) mass is 351 g/mol. The number of hydrogen-bond acceptors (Lipinski definition) is 3. The molecule has 0 aliphatic rings. The summed E-state index contributed by atoms with van der Waals surface area (Å²) in [6.07, 6.45) is 0. The van der Waals surface area contributed by atoms with Crippen LogP contribution >= 0.6 is 15.9 Å². The van der Waals surface area contributed by atoms with E-state index in [1.807, 2.05) is 0 Å². The molecule has 1 aromatic carbocycles. The molecule has 1 aromatic heterocycles. The second-order valence-corrected chi connectivity index (χ2v) is 4.99. The van der Waals surface area contributed by atoms with Crippen LogP contribution in [0, 0.1) is 5.82 Å². The Bertz CT molecular complexity index is 706. The molecule has 0 fully saturated rings. The van der Waals surface area contributed by atoms with Gasteiger partial charge in [0.1, 0.15) is 16.1 Å². The molecule has 7 heteroatoms. The lowest BCUT2D eigenvalue weighted by atomic mass is 10.2. The summed E-state index contributed by atoms with van der Waals surface area (Å²) in [6, 6.07) is 8.83. The van der Waals surface area contributed by atoms with Crippen molar-refractivity contribution in [2.24, 2.45) is 0 Å². The molecular weight excluding hydrogens is 341 g/mol. The topological polar surface area (TPSA) is 71.1 Å². The first-order valence-corrected chi connectivity index (χ1v) is 6.76. The summed E-state index contributed by atoms with van der Waals surface area (Å²) in [7, 11) is 0. The summed E-state index contributed by atoms with van der Waals surface area (Å²) in [6.45, 7) is 1.27. The van der Waals surface area contributed by atoms with Crippen LogP contribution in [0.4, 0.5) is 15.8 Å². The summed E-state index contributed by atoms with van der Waals surface area (Å²) in [5.74, 6) is -1.41. The van der Waals surface area contributed by atoms with E-state index < -0.39 is 17.6 Å². The number of pyridine rings is 1. The average molecular weight is 352 g/mol. The number of hydrogen-bond donors (Lipinski definition) is 2. The molecule has 0 saturated heterocycles. The number of benzene rings is 1. The number of anilines is 2. The lowest BCUT2D eigenvalue weighted by Crippen LogP contribution is -2.14. The molecule has 0 spiro atoms. The second kappa shape index (κ2) is 6.45. The summed E-state index contributed by atoms with van der Waals surface area (Å²) < 4.78 is 14.0. The Morgan fingerprint density at radius 2 is 1.95 bits per heavy atom. The highest BCUT2D eigenvalue weighted by Crippen LogP contribution is 2.20. The number of carbonyl (C=O) groups is 2. The molecule has 0 bridgehead atoms. The predicted octanol–water partition coefficient (Wildman–Crippen LogP) is 3.19. The molecule has 0 saturated carbocycles. The van der Waals surface area contributed by atoms with Crippen molar-refractivity contribution in [1.29, 1.82) is 0 Å². The summed E-state index contributed by atoms with van der Waals surface area (Å²) >= 11 is 3.18. The Balaban J connectivity index is 2.19. The third-order valence-electron chi connectivity index (χ3n) is 2.48. The maximum Gasteiger partial charge on any atom is 0.274 e. The van der Waals surface area contributed by atoms with E-state index in [1.54, 1.807) is 18.2 Å². The molecular formula is C14H11BrFN3O2. The van der Waals surface area contributed by atoms with E-state index in [-0.39, 0.29) is 11.4 Å². The molecule has 2 amide bonds. The van der Waals surface area contributed by atoms with Crippen LogP contribution in [0.3, 0.4) is 0 Å². The van der Waals surface area contributed by atoms with E-state index in [9.17, 15) is 14.0 Å². The molecule has 5 nitrogen and oxygen atoms in total. The smallest absolute Gasteiger partial charge is 0.274 e. The molecule has 2 aromatic rings. The van der Waals surface area contributed by atoms with Gasteiger partial charge in [-0.1, -0.05) is 6.07 Å². The van der Waals surface area contributed by atoms with E-state index >= 15 is 0 Å². The first-order valence-electron chi connectivity index (χ1n) is 5.97. The van der Waals surface area contributed by atoms with Crippen molar-refractivity contribution in [3.63, 3.8) is 0 Å². The molecule has 21 heavy (non-hydrogen) atoms. The van der Waals surface area contributed by atoms with Crippen LogP contribution in [-0.4, -0.2) is 16.8 Å². The molecule has 2 N–H and O–H groups in total. The van der Waals surface area contributed by atoms with Crippen LogP contribution < -0.4 is 10.6 Å². The largest absolute Gasteiger partial charge is 0.324 e. The van der Waals surface area contributed by atoms with Gasteiger partial charge in [0, 0.05) is 12.6 Å². The Hall–Kier alpha value is -2.28. The van der Waals surface area contributed by atoms with Crippen LogP contribution in [0.15, 0.2) is 41.0 Å². The van der Waals surface area contributed by atoms with Gasteiger partial charge in [-0.25, -0.2) is 9.37 Å². The van der Waals surface area contributed by atoms with Crippen LogP contribution in [0.5, 0.6) is 0 Å². The Labute approximate surface area is 128 Å². The number of carbonyl (C=O) groups excluding carboxylic acids is 2. The summed E-state index contributed by atoms with van der Waals surface area (Å²) in [5.41, 5.74) is 0.573. The minimum Gasteiger partial charge on any atom is -0.324 e. The Kier molecular flexibility index (Phi) is 4.64. The van der Waals surface area contributed by atoms with Gasteiger partial charge in [0.15, 0.2) is 0 Å². The van der Waals surface area contributed by atoms with E-state index in [2.05, 4.69) is 31.5 Å². The third-order valence-corrected chi connectivity index (χ3v) is 2.92. The first-order chi connectivity index (χ1) is 9.95. The fraction of sp³-hybridized carbons (Fsp3) is 0.0714. The normalized spacial score (nSPS) is 10.0. The van der Waals surface area contributed by atoms with Crippen LogP contribution in [-0.2, 0) is 4.79 Å². The molecule has 0 atom stereocenters. The maximum absolute atomic E-state index is 13.5. The number of nitrogens with zero attached hydrogens (tertiary/aromatic N) is 1. The van der Waals surface area contributed by atoms with Crippen molar-refractivity contribution in [2.45, 2.75) is 6.92 Å². The third kappa shape index (κ3) is 4.09. The minimum atomic E-state index is -0.580. The highest BCUT2D eigenvalue weighted by Gasteiger charge is 2.10. The molecule has 1 heterocycles. The van der Waals surface area contributed by atoms with Gasteiger partial charge in [0.25, 0.3) is 5.91 Å². The highest BCUT2D eigenvalue weighted by molar-refractivity contribution is 9.10. The molecule has 2 rings (SSSR count). The van der Waals surface area contributed by atoms with Crippen molar-refractivity contribution in [2.75, 3.05) is 10.6 Å². The lowest BCUT2D eigenvalue weighted by Gasteiger charge is -2.08. The van der Waals surface area contributed by atoms with E-state index in [0.29, 0.717) is 10.3 Å². The Morgan fingerprint density at radius 1 is 1.19 bits per heavy atom. The number of amides is 2. The second-order valence-electron chi connectivity index (χ2n) is 4.18. The van der Waals surface area contributed by atoms with Gasteiger partial charge in [0.2, 0.25) is 5.91 Å². The van der Waals surface area contributed by atoms with Gasteiger partial charge in [-0.2, -0.15) is 0 Å². The van der Waals surface area contributed by atoms with Gasteiger partial charge < -0.3 is 10.6 Å². The molecule has 0 radical (unpaired) electrons. The quantitative estimate of drug-likeness (QED) is 0.834. The van der Waals surface area contributed by atoms with Gasteiger partial charge >= 0.3 is 0 Å². The first kappa shape index (κ1) is 15.1. The van der Waals surface area contributed by atoms with Gasteiger partial charge in [-0.15, -0.1) is 0 Å². The SMILES string of the molecule is CC(=O)Nc1cc(NC(=O)c2cccc(Br)n2)ccc1F. The van der Waals surface area contributed by atoms with E-state index in [0.717, 1.165) is 6.07 Å². The molecule has 0 unspecified atom stereocenters. The summed E-state index contributed by atoms with van der Waals surface area (Å²) in [5, 5.41) is 4.93. The fourth-order valence-electron chi connectivity index (χ4n) is 1.62. The van der Waals surface area contributed by atoms with Crippen LogP contribution in [0.2, 0.25) is 0 Å². The number of nitrogens with one attached hydrogen (secondary N) is 2. The van der Waals surface area contributed by atoms with E-state index in [4.69, 9.17) is 0 Å². The zero-order valence-corrected chi connectivity index (χ0v) is 12.6. The highest BCUT2D eigenvalue weighted by atomic mass is 79.9. The Morgan fingerprint density at radius 3 is 2.62 bits per heavy atom. The standard InChI is InChI=1S/C14H11BrFN3O2/c1-8(20)17-12-7-9(5-6-10(12)16)18-14(21)11-3-2-4-13(15)19-11/h2-7H,1H3,(H,17,20)(H,18,21). The van der Waals surface area contributed by atoms with Crippen molar-refractivity contribution in [1.82, 2.24) is 4.98 Å². The predicted molar refractivity (Wildman–Crippen MR) is 80.6 cm³/mol. The minimum absolute atomic E-state index is 0.00232. The van der Waals surface area contributed by atoms with Crippen molar-refractivity contribution in [3.05, 3.63) is 52.5 Å². The summed E-state index contributed by atoms with van der Waals surface area (Å²) in [4.78, 5) is 27.0. The van der Waals surface area contributed by atoms with Gasteiger partial charge in [-0.3, -0.25) is 9.59 Å². The van der Waals surface area contributed by atoms with Crippen molar-refractivity contribution >= 4 is 39.1 Å². The average Bonchev–Trinajstić information content (AvgIpc) is 2.42. The van der Waals surface area contributed by atoms with Crippen LogP contribution in [0.25, 0.3) is 0 Å². The van der Waals surface area contributed by atoms with Gasteiger partial charge in [-0.05, 0) is 46.3 Å². The molecule has 0 aliphatic heterocycles. The lowest BCUT2D eigenvalue weighted by molar-refractivity contribution is -0.114. The number of rotatable bonds is 3. The number of halogens is 2.